The van der Waals surface area contributed by atoms with E-state index in [1.807, 2.05) is 42.8 Å². The number of rotatable bonds is 4. The second-order valence-electron chi connectivity index (χ2n) is 5.12. The zero-order valence-electron chi connectivity index (χ0n) is 12.3. The number of ether oxygens (including phenoxy) is 1. The molecule has 3 rings (SSSR count). The third kappa shape index (κ3) is 3.43. The van der Waals surface area contributed by atoms with E-state index in [-0.39, 0.29) is 12.6 Å². The van der Waals surface area contributed by atoms with Crippen LogP contribution in [0.1, 0.15) is 27.2 Å². The van der Waals surface area contributed by atoms with E-state index in [4.69, 9.17) is 4.74 Å². The van der Waals surface area contributed by atoms with Gasteiger partial charge >= 0.3 is 5.97 Å². The highest BCUT2D eigenvalue weighted by Crippen LogP contribution is 2.26. The van der Waals surface area contributed by atoms with Crippen molar-refractivity contribution in [1.29, 1.82) is 0 Å². The zero-order valence-corrected chi connectivity index (χ0v) is 14.0. The van der Waals surface area contributed by atoms with Gasteiger partial charge in [-0.25, -0.2) is 9.78 Å². The Morgan fingerprint density at radius 3 is 2.64 bits per heavy atom. The van der Waals surface area contributed by atoms with Crippen LogP contribution in [0.3, 0.4) is 0 Å². The highest BCUT2D eigenvalue weighted by atomic mass is 32.1. The molecular weight excluding hydrogens is 314 g/mol. The fourth-order valence-corrected chi connectivity index (χ4v) is 3.76. The predicted octanol–water partition coefficient (Wildman–Crippen LogP) is 4.85. The second kappa shape index (κ2) is 6.42. The van der Waals surface area contributed by atoms with Crippen molar-refractivity contribution in [2.24, 2.45) is 0 Å². The smallest absolute Gasteiger partial charge is 0.358 e. The van der Waals surface area contributed by atoms with Gasteiger partial charge < -0.3 is 4.74 Å². The fraction of sp³-hybridized carbons (Fsp3) is 0.176. The van der Waals surface area contributed by atoms with Gasteiger partial charge in [-0.05, 0) is 30.9 Å². The van der Waals surface area contributed by atoms with Crippen molar-refractivity contribution < 1.29 is 9.53 Å². The Hall–Kier alpha value is -1.98. The Morgan fingerprint density at radius 1 is 1.18 bits per heavy atom. The third-order valence-corrected chi connectivity index (χ3v) is 4.71. The summed E-state index contributed by atoms with van der Waals surface area (Å²) in [6, 6.07) is 8.14. The molecular formula is C17H15NO2S2. The van der Waals surface area contributed by atoms with Gasteiger partial charge in [0, 0.05) is 16.3 Å². The van der Waals surface area contributed by atoms with E-state index in [1.165, 1.54) is 22.5 Å². The van der Waals surface area contributed by atoms with Crippen LogP contribution in [-0.2, 0) is 11.3 Å². The Morgan fingerprint density at radius 2 is 1.95 bits per heavy atom. The van der Waals surface area contributed by atoms with Crippen LogP contribution in [0.5, 0.6) is 0 Å². The number of aromatic nitrogens is 1. The molecule has 2 aromatic heterocycles. The fourth-order valence-electron chi connectivity index (χ4n) is 2.26. The Kier molecular flexibility index (Phi) is 4.36. The summed E-state index contributed by atoms with van der Waals surface area (Å²) in [6.45, 7) is 4.34. The number of carbonyl (C=O) groups is 1. The molecule has 22 heavy (non-hydrogen) atoms. The number of nitrogens with zero attached hydrogens (tertiary/aromatic N) is 1. The topological polar surface area (TPSA) is 39.2 Å². The van der Waals surface area contributed by atoms with Crippen molar-refractivity contribution in [2.75, 3.05) is 0 Å². The van der Waals surface area contributed by atoms with Gasteiger partial charge in [0.15, 0.2) is 5.69 Å². The van der Waals surface area contributed by atoms with Crippen LogP contribution in [0.15, 0.2) is 40.4 Å². The first-order valence-corrected chi connectivity index (χ1v) is 8.66. The van der Waals surface area contributed by atoms with Crippen molar-refractivity contribution in [2.45, 2.75) is 20.5 Å². The van der Waals surface area contributed by atoms with Gasteiger partial charge in [0.05, 0.1) is 0 Å². The molecule has 0 aliphatic carbocycles. The monoisotopic (exact) mass is 329 g/mol. The van der Waals surface area contributed by atoms with Gasteiger partial charge in [0.1, 0.15) is 11.6 Å². The molecule has 0 aliphatic rings. The van der Waals surface area contributed by atoms with E-state index in [1.54, 1.807) is 16.7 Å². The Bertz CT molecular complexity index is 771. The highest BCUT2D eigenvalue weighted by Gasteiger charge is 2.13. The van der Waals surface area contributed by atoms with Crippen LogP contribution < -0.4 is 0 Å². The van der Waals surface area contributed by atoms with Gasteiger partial charge in [0.25, 0.3) is 0 Å². The zero-order chi connectivity index (χ0) is 15.5. The highest BCUT2D eigenvalue weighted by molar-refractivity contribution is 7.14. The van der Waals surface area contributed by atoms with Gasteiger partial charge in [0.2, 0.25) is 0 Å². The molecule has 1 aromatic carbocycles. The number of hydrogen-bond acceptors (Lipinski definition) is 5. The lowest BCUT2D eigenvalue weighted by atomic mass is 10.1. The molecule has 0 atom stereocenters. The van der Waals surface area contributed by atoms with Crippen LogP contribution in [0, 0.1) is 13.8 Å². The molecule has 0 bridgehead atoms. The largest absolute Gasteiger partial charge is 0.456 e. The minimum atomic E-state index is -0.378. The molecule has 0 fully saturated rings. The molecule has 0 spiro atoms. The van der Waals surface area contributed by atoms with Crippen LogP contribution in [0.4, 0.5) is 0 Å². The third-order valence-electron chi connectivity index (χ3n) is 3.13. The first-order valence-electron chi connectivity index (χ1n) is 6.84. The molecule has 3 nitrogen and oxygen atoms in total. The summed E-state index contributed by atoms with van der Waals surface area (Å²) in [7, 11) is 0. The molecule has 112 valence electrons. The maximum Gasteiger partial charge on any atom is 0.358 e. The van der Waals surface area contributed by atoms with Gasteiger partial charge in [-0.3, -0.25) is 0 Å². The lowest BCUT2D eigenvalue weighted by Crippen LogP contribution is -2.06. The average molecular weight is 329 g/mol. The number of carbonyl (C=O) groups excluding carboxylic acids is 1. The number of hydrogen-bond donors (Lipinski definition) is 0. The van der Waals surface area contributed by atoms with E-state index in [0.29, 0.717) is 5.69 Å². The minimum absolute atomic E-state index is 0.271. The number of benzene rings is 1. The summed E-state index contributed by atoms with van der Waals surface area (Å²) in [5.74, 6) is -0.378. The number of thiazole rings is 1. The normalized spacial score (nSPS) is 10.6. The van der Waals surface area contributed by atoms with E-state index in [0.717, 1.165) is 16.1 Å². The number of thiophene rings is 1. The maximum atomic E-state index is 12.1. The van der Waals surface area contributed by atoms with E-state index in [9.17, 15) is 4.79 Å². The maximum absolute atomic E-state index is 12.1. The summed E-state index contributed by atoms with van der Waals surface area (Å²) < 4.78 is 5.36. The van der Waals surface area contributed by atoms with Crippen molar-refractivity contribution in [3.05, 3.63) is 62.8 Å². The Balaban J connectivity index is 1.67. The van der Waals surface area contributed by atoms with Gasteiger partial charge in [-0.2, -0.15) is 11.3 Å². The van der Waals surface area contributed by atoms with Crippen LogP contribution in [-0.4, -0.2) is 11.0 Å². The molecule has 0 amide bonds. The number of esters is 1. The van der Waals surface area contributed by atoms with Crippen molar-refractivity contribution in [3.63, 3.8) is 0 Å². The predicted molar refractivity (Wildman–Crippen MR) is 90.5 cm³/mol. The van der Waals surface area contributed by atoms with E-state index in [2.05, 4.69) is 11.1 Å². The molecule has 0 aliphatic heterocycles. The Labute approximate surface area is 137 Å². The molecule has 3 aromatic rings. The summed E-state index contributed by atoms with van der Waals surface area (Å²) in [5.41, 5.74) is 4.75. The van der Waals surface area contributed by atoms with Gasteiger partial charge in [-0.15, -0.1) is 11.3 Å². The van der Waals surface area contributed by atoms with Crippen LogP contribution in [0.25, 0.3) is 10.6 Å². The molecule has 2 heterocycles. The standard InChI is InChI=1S/C17H15NO2S2/c1-11-5-12(2)7-13(6-11)8-20-17(19)15-10-22-16(18-15)14-3-4-21-9-14/h3-7,9-10H,8H2,1-2H3. The molecule has 5 heteroatoms. The van der Waals surface area contributed by atoms with Crippen molar-refractivity contribution in [3.8, 4) is 10.6 Å². The van der Waals surface area contributed by atoms with Crippen molar-refractivity contribution in [1.82, 2.24) is 4.98 Å². The summed E-state index contributed by atoms with van der Waals surface area (Å²) >= 11 is 3.07. The number of aryl methyl sites for hydroxylation is 2. The molecule has 0 radical (unpaired) electrons. The molecule has 0 saturated carbocycles. The van der Waals surface area contributed by atoms with E-state index >= 15 is 0 Å². The first-order chi connectivity index (χ1) is 10.6. The quantitative estimate of drug-likeness (QED) is 0.643. The summed E-state index contributed by atoms with van der Waals surface area (Å²) in [4.78, 5) is 16.4. The molecule has 0 saturated heterocycles. The van der Waals surface area contributed by atoms with Crippen LogP contribution >= 0.6 is 22.7 Å². The molecule has 0 N–H and O–H groups in total. The first kappa shape index (κ1) is 14.9. The van der Waals surface area contributed by atoms with E-state index < -0.39 is 0 Å². The van der Waals surface area contributed by atoms with Gasteiger partial charge in [-0.1, -0.05) is 29.3 Å². The lowest BCUT2D eigenvalue weighted by molar-refractivity contribution is 0.0466. The molecule has 0 unspecified atom stereocenters. The van der Waals surface area contributed by atoms with Crippen LogP contribution in [0.2, 0.25) is 0 Å². The van der Waals surface area contributed by atoms with Crippen molar-refractivity contribution >= 4 is 28.6 Å². The SMILES string of the molecule is Cc1cc(C)cc(COC(=O)c2csc(-c3ccsc3)n2)c1. The average Bonchev–Trinajstić information content (AvgIpc) is 3.14. The summed E-state index contributed by atoms with van der Waals surface area (Å²) in [6.07, 6.45) is 0. The summed E-state index contributed by atoms with van der Waals surface area (Å²) in [5, 5.41) is 6.61. The second-order valence-corrected chi connectivity index (χ2v) is 6.76. The lowest BCUT2D eigenvalue weighted by Gasteiger charge is -2.05. The minimum Gasteiger partial charge on any atom is -0.456 e.